The van der Waals surface area contributed by atoms with Gasteiger partial charge in [-0.25, -0.2) is 0 Å². The largest absolute Gasteiger partial charge is 0.366 e. The molecule has 2 aromatic rings. The van der Waals surface area contributed by atoms with Crippen molar-refractivity contribution in [1.29, 1.82) is 0 Å². The highest BCUT2D eigenvalue weighted by Gasteiger charge is 2.13. The number of nitrogens with zero attached hydrogens (tertiary/aromatic N) is 2. The van der Waals surface area contributed by atoms with Crippen molar-refractivity contribution in [1.82, 2.24) is 15.1 Å². The average Bonchev–Trinajstić information content (AvgIpc) is 2.91. The van der Waals surface area contributed by atoms with Crippen LogP contribution >= 0.6 is 12.4 Å². The zero-order chi connectivity index (χ0) is 16.9. The molecule has 0 radical (unpaired) electrons. The first-order chi connectivity index (χ1) is 11.6. The molecular formula is C19H29ClN4O. The zero-order valence-corrected chi connectivity index (χ0v) is 15.8. The van der Waals surface area contributed by atoms with Crippen molar-refractivity contribution in [3.63, 3.8) is 0 Å². The lowest BCUT2D eigenvalue weighted by Crippen LogP contribution is -2.27. The molecule has 0 unspecified atom stereocenters. The molecule has 1 aliphatic rings. The van der Waals surface area contributed by atoms with Crippen LogP contribution in [0, 0.1) is 12.8 Å². The van der Waals surface area contributed by atoms with Crippen LogP contribution in [-0.2, 0) is 6.54 Å². The number of halogens is 1. The number of piperidine rings is 1. The number of amides is 1. The van der Waals surface area contributed by atoms with Crippen molar-refractivity contribution in [2.24, 2.45) is 11.7 Å². The molecule has 6 heteroatoms. The van der Waals surface area contributed by atoms with Gasteiger partial charge in [0.1, 0.15) is 0 Å². The summed E-state index contributed by atoms with van der Waals surface area (Å²) in [4.78, 5) is 11.4. The first kappa shape index (κ1) is 19.7. The molecule has 2 heterocycles. The zero-order valence-electron chi connectivity index (χ0n) is 15.0. The summed E-state index contributed by atoms with van der Waals surface area (Å²) in [7, 11) is 0. The van der Waals surface area contributed by atoms with Gasteiger partial charge in [-0.1, -0.05) is 25.3 Å². The predicted octanol–water partition coefficient (Wildman–Crippen LogP) is 3.43. The van der Waals surface area contributed by atoms with Crippen LogP contribution in [-0.4, -0.2) is 28.8 Å². The second kappa shape index (κ2) is 9.20. The molecule has 1 aliphatic heterocycles. The van der Waals surface area contributed by atoms with Crippen molar-refractivity contribution in [3.05, 3.63) is 29.5 Å². The molecular weight excluding hydrogens is 336 g/mol. The Kier molecular flexibility index (Phi) is 7.26. The standard InChI is InChI=1S/C19H28N4O.ClH/c1-14-17-7-6-16(19(20)24)13-18(17)23(22-14)12-4-2-3-5-15-8-10-21-11-9-15;/h6-7,13,15,21H,2-5,8-12H2,1H3,(H2,20,24);1H. The third-order valence-corrected chi connectivity index (χ3v) is 5.16. The smallest absolute Gasteiger partial charge is 0.248 e. The molecule has 0 spiro atoms. The Balaban J connectivity index is 0.00000225. The van der Waals surface area contributed by atoms with Crippen LogP contribution in [0.2, 0.25) is 0 Å². The van der Waals surface area contributed by atoms with Gasteiger partial charge >= 0.3 is 0 Å². The molecule has 0 saturated carbocycles. The number of benzene rings is 1. The number of aromatic nitrogens is 2. The van der Waals surface area contributed by atoms with Crippen LogP contribution in [0.1, 0.15) is 54.6 Å². The Morgan fingerprint density at radius 1 is 1.28 bits per heavy atom. The Morgan fingerprint density at radius 3 is 2.76 bits per heavy atom. The first-order valence-electron chi connectivity index (χ1n) is 9.13. The highest BCUT2D eigenvalue weighted by molar-refractivity contribution is 5.97. The third-order valence-electron chi connectivity index (χ3n) is 5.16. The fraction of sp³-hybridized carbons (Fsp3) is 0.579. The predicted molar refractivity (Wildman–Crippen MR) is 104 cm³/mol. The summed E-state index contributed by atoms with van der Waals surface area (Å²) >= 11 is 0. The maximum atomic E-state index is 11.4. The summed E-state index contributed by atoms with van der Waals surface area (Å²) in [6.45, 7) is 5.29. The molecule has 1 aromatic carbocycles. The maximum Gasteiger partial charge on any atom is 0.248 e. The quantitative estimate of drug-likeness (QED) is 0.739. The fourth-order valence-electron chi connectivity index (χ4n) is 3.71. The fourth-order valence-corrected chi connectivity index (χ4v) is 3.71. The lowest BCUT2D eigenvalue weighted by molar-refractivity contribution is 0.100. The molecule has 25 heavy (non-hydrogen) atoms. The normalized spacial score (nSPS) is 15.2. The van der Waals surface area contributed by atoms with Gasteiger partial charge in [-0.3, -0.25) is 9.48 Å². The van der Waals surface area contributed by atoms with Crippen LogP contribution in [0.5, 0.6) is 0 Å². The van der Waals surface area contributed by atoms with E-state index in [-0.39, 0.29) is 18.3 Å². The molecule has 3 N–H and O–H groups in total. The van der Waals surface area contributed by atoms with Crippen molar-refractivity contribution in [2.75, 3.05) is 13.1 Å². The topological polar surface area (TPSA) is 72.9 Å². The summed E-state index contributed by atoms with van der Waals surface area (Å²) in [6, 6.07) is 5.60. The van der Waals surface area contributed by atoms with Crippen molar-refractivity contribution in [2.45, 2.75) is 52.0 Å². The monoisotopic (exact) mass is 364 g/mol. The van der Waals surface area contributed by atoms with Crippen LogP contribution < -0.4 is 11.1 Å². The van der Waals surface area contributed by atoms with E-state index < -0.39 is 0 Å². The maximum absolute atomic E-state index is 11.4. The van der Waals surface area contributed by atoms with E-state index in [1.165, 1.54) is 45.2 Å². The van der Waals surface area contributed by atoms with Gasteiger partial charge in [0.05, 0.1) is 11.2 Å². The molecule has 138 valence electrons. The minimum Gasteiger partial charge on any atom is -0.366 e. The lowest BCUT2D eigenvalue weighted by Gasteiger charge is -2.22. The Hall–Kier alpha value is -1.59. The van der Waals surface area contributed by atoms with E-state index in [0.29, 0.717) is 5.56 Å². The second-order valence-electron chi connectivity index (χ2n) is 6.95. The molecule has 1 fully saturated rings. The van der Waals surface area contributed by atoms with Gasteiger partial charge in [0.2, 0.25) is 5.91 Å². The molecule has 1 saturated heterocycles. The number of nitrogens with two attached hydrogens (primary N) is 1. The number of primary amides is 1. The number of hydrogen-bond acceptors (Lipinski definition) is 3. The molecule has 5 nitrogen and oxygen atoms in total. The minimum atomic E-state index is -0.385. The van der Waals surface area contributed by atoms with Gasteiger partial charge < -0.3 is 11.1 Å². The van der Waals surface area contributed by atoms with Crippen LogP contribution in [0.15, 0.2) is 18.2 Å². The molecule has 0 bridgehead atoms. The number of rotatable bonds is 7. The van der Waals surface area contributed by atoms with E-state index in [1.807, 2.05) is 23.7 Å². The van der Waals surface area contributed by atoms with Crippen molar-refractivity contribution >= 4 is 29.2 Å². The highest BCUT2D eigenvalue weighted by atomic mass is 35.5. The number of aryl methyl sites for hydroxylation is 2. The van der Waals surface area contributed by atoms with Gasteiger partial charge in [0, 0.05) is 17.5 Å². The van der Waals surface area contributed by atoms with E-state index in [0.717, 1.165) is 35.5 Å². The highest BCUT2D eigenvalue weighted by Crippen LogP contribution is 2.22. The molecule has 1 aromatic heterocycles. The average molecular weight is 365 g/mol. The number of carbonyl (C=O) groups excluding carboxylic acids is 1. The summed E-state index contributed by atoms with van der Waals surface area (Å²) in [5.41, 5.74) is 7.98. The van der Waals surface area contributed by atoms with Gasteiger partial charge in [0.25, 0.3) is 0 Å². The summed E-state index contributed by atoms with van der Waals surface area (Å²) in [6.07, 6.45) is 7.68. The summed E-state index contributed by atoms with van der Waals surface area (Å²) in [5, 5.41) is 9.17. The number of carbonyl (C=O) groups is 1. The number of unbranched alkanes of at least 4 members (excludes halogenated alkanes) is 2. The van der Waals surface area contributed by atoms with Crippen LogP contribution in [0.3, 0.4) is 0 Å². The molecule has 0 aliphatic carbocycles. The van der Waals surface area contributed by atoms with Gasteiger partial charge in [0.15, 0.2) is 0 Å². The van der Waals surface area contributed by atoms with Crippen LogP contribution in [0.25, 0.3) is 10.9 Å². The van der Waals surface area contributed by atoms with Crippen molar-refractivity contribution < 1.29 is 4.79 Å². The Labute approximate surface area is 155 Å². The van der Waals surface area contributed by atoms with Gasteiger partial charge in [-0.15, -0.1) is 12.4 Å². The molecule has 3 rings (SSSR count). The van der Waals surface area contributed by atoms with Gasteiger partial charge in [-0.05, 0) is 57.3 Å². The Morgan fingerprint density at radius 2 is 2.04 bits per heavy atom. The number of nitrogens with one attached hydrogen (secondary N) is 1. The third kappa shape index (κ3) is 4.95. The molecule has 1 amide bonds. The number of fused-ring (bicyclic) bond motifs is 1. The van der Waals surface area contributed by atoms with E-state index in [4.69, 9.17) is 5.73 Å². The lowest BCUT2D eigenvalue weighted by atomic mass is 9.92. The van der Waals surface area contributed by atoms with E-state index in [1.54, 1.807) is 6.07 Å². The second-order valence-corrected chi connectivity index (χ2v) is 6.95. The van der Waals surface area contributed by atoms with Crippen molar-refractivity contribution in [3.8, 4) is 0 Å². The molecule has 0 atom stereocenters. The first-order valence-corrected chi connectivity index (χ1v) is 9.13. The SMILES string of the molecule is Cc1nn(CCCCCC2CCNCC2)c2cc(C(N)=O)ccc12.Cl. The number of hydrogen-bond donors (Lipinski definition) is 2. The van der Waals surface area contributed by atoms with E-state index >= 15 is 0 Å². The van der Waals surface area contributed by atoms with E-state index in [2.05, 4.69) is 10.4 Å². The minimum absolute atomic E-state index is 0. The van der Waals surface area contributed by atoms with E-state index in [9.17, 15) is 4.79 Å². The summed E-state index contributed by atoms with van der Waals surface area (Å²) in [5.74, 6) is 0.529. The van der Waals surface area contributed by atoms with Crippen LogP contribution in [0.4, 0.5) is 0 Å². The summed E-state index contributed by atoms with van der Waals surface area (Å²) < 4.78 is 2.03. The Bertz CT molecular complexity index is 707. The van der Waals surface area contributed by atoms with Gasteiger partial charge in [-0.2, -0.15) is 5.10 Å².